The monoisotopic (exact) mass is 382 g/mol. The van der Waals surface area contributed by atoms with E-state index in [1.165, 1.54) is 37.1 Å². The number of quaternary nitrogens is 2. The predicted molar refractivity (Wildman–Crippen MR) is 109 cm³/mol. The quantitative estimate of drug-likeness (QED) is 0.520. The number of anilines is 1. The lowest BCUT2D eigenvalue weighted by Gasteiger charge is -2.16. The number of benzene rings is 2. The normalized spacial score (nSPS) is 15.3. The third-order valence-corrected chi connectivity index (χ3v) is 5.41. The Morgan fingerprint density at radius 3 is 2.36 bits per heavy atom. The molecule has 2 aromatic rings. The van der Waals surface area contributed by atoms with E-state index < -0.39 is 5.91 Å². The fourth-order valence-corrected chi connectivity index (χ4v) is 3.63. The Kier molecular flexibility index (Phi) is 6.79. The summed E-state index contributed by atoms with van der Waals surface area (Å²) in [6.07, 6.45) is 2.64. The minimum absolute atomic E-state index is 0.0607. The molecule has 3 rings (SSSR count). The van der Waals surface area contributed by atoms with Crippen LogP contribution in [0.1, 0.15) is 41.3 Å². The van der Waals surface area contributed by atoms with Gasteiger partial charge in [0.1, 0.15) is 13.1 Å². The molecule has 1 atom stereocenters. The molecule has 0 bridgehead atoms. The van der Waals surface area contributed by atoms with Gasteiger partial charge in [0.15, 0.2) is 6.04 Å². The van der Waals surface area contributed by atoms with Crippen LogP contribution in [-0.2, 0) is 17.9 Å². The van der Waals surface area contributed by atoms with Crippen LogP contribution in [0.5, 0.6) is 0 Å². The van der Waals surface area contributed by atoms with E-state index in [2.05, 4.69) is 34.9 Å². The van der Waals surface area contributed by atoms with Crippen LogP contribution in [0.25, 0.3) is 0 Å². The first-order chi connectivity index (χ1) is 13.5. The Bertz CT molecular complexity index is 814. The van der Waals surface area contributed by atoms with Crippen molar-refractivity contribution in [1.29, 1.82) is 0 Å². The highest BCUT2D eigenvalue weighted by atomic mass is 16.2. The number of nitrogens with one attached hydrogen (secondary N) is 2. The maximum absolute atomic E-state index is 12.5. The molecule has 148 valence electrons. The van der Waals surface area contributed by atoms with Gasteiger partial charge in [-0.2, -0.15) is 0 Å². The van der Waals surface area contributed by atoms with Crippen molar-refractivity contribution in [2.75, 3.05) is 18.4 Å². The zero-order valence-corrected chi connectivity index (χ0v) is 16.4. The van der Waals surface area contributed by atoms with Crippen LogP contribution >= 0.6 is 0 Å². The first-order valence-electron chi connectivity index (χ1n) is 9.97. The van der Waals surface area contributed by atoms with Gasteiger partial charge in [0, 0.05) is 35.2 Å². The molecule has 1 aliphatic rings. The molecule has 0 saturated carbocycles. The van der Waals surface area contributed by atoms with Crippen LogP contribution in [0, 0.1) is 0 Å². The molecule has 0 radical (unpaired) electrons. The summed E-state index contributed by atoms with van der Waals surface area (Å²) >= 11 is 0. The molecule has 1 fully saturated rings. The number of hydrogen-bond acceptors (Lipinski definition) is 2. The van der Waals surface area contributed by atoms with E-state index in [9.17, 15) is 9.59 Å². The zero-order valence-electron chi connectivity index (χ0n) is 16.4. The Labute approximate surface area is 166 Å². The second kappa shape index (κ2) is 9.48. The summed E-state index contributed by atoms with van der Waals surface area (Å²) in [5.74, 6) is -0.538. The average Bonchev–Trinajstić information content (AvgIpc) is 3.20. The summed E-state index contributed by atoms with van der Waals surface area (Å²) in [6, 6.07) is 14.9. The molecule has 1 saturated heterocycles. The Balaban J connectivity index is 1.54. The van der Waals surface area contributed by atoms with Crippen LogP contribution in [0.4, 0.5) is 5.69 Å². The molecular weight excluding hydrogens is 352 g/mol. The molecule has 28 heavy (non-hydrogen) atoms. The number of nitrogens with two attached hydrogens (primary N) is 2. The number of carbonyl (C=O) groups is 2. The predicted octanol–water partition coefficient (Wildman–Crippen LogP) is 0.0548. The van der Waals surface area contributed by atoms with Gasteiger partial charge in [-0.3, -0.25) is 9.59 Å². The maximum Gasteiger partial charge on any atom is 0.282 e. The first-order valence-corrected chi connectivity index (χ1v) is 9.97. The van der Waals surface area contributed by atoms with Crippen molar-refractivity contribution in [3.8, 4) is 0 Å². The van der Waals surface area contributed by atoms with Crippen molar-refractivity contribution in [2.45, 2.75) is 38.9 Å². The second-order valence-electron chi connectivity index (χ2n) is 7.56. The van der Waals surface area contributed by atoms with E-state index in [1.54, 1.807) is 29.2 Å². The Morgan fingerprint density at radius 2 is 1.71 bits per heavy atom. The Morgan fingerprint density at radius 1 is 1.07 bits per heavy atom. The lowest BCUT2D eigenvalue weighted by atomic mass is 10.1. The summed E-state index contributed by atoms with van der Waals surface area (Å²) in [4.78, 5) is 25.3. The largest absolute Gasteiger partial charge is 0.366 e. The smallest absolute Gasteiger partial charge is 0.282 e. The van der Waals surface area contributed by atoms with Gasteiger partial charge in [-0.05, 0) is 31.2 Å². The molecule has 0 aromatic heterocycles. The zero-order chi connectivity index (χ0) is 19.9. The molecule has 0 unspecified atom stereocenters. The second-order valence-corrected chi connectivity index (χ2v) is 7.56. The van der Waals surface area contributed by atoms with E-state index in [1.807, 2.05) is 6.92 Å². The van der Waals surface area contributed by atoms with E-state index in [0.717, 1.165) is 13.1 Å². The minimum atomic E-state index is -0.478. The molecule has 2 amide bonds. The van der Waals surface area contributed by atoms with Gasteiger partial charge in [0.05, 0.1) is 13.1 Å². The van der Waals surface area contributed by atoms with E-state index in [0.29, 0.717) is 11.3 Å². The summed E-state index contributed by atoms with van der Waals surface area (Å²) in [7, 11) is 0. The van der Waals surface area contributed by atoms with Crippen LogP contribution in [-0.4, -0.2) is 30.9 Å². The van der Waals surface area contributed by atoms with Crippen molar-refractivity contribution in [2.24, 2.45) is 5.73 Å². The van der Waals surface area contributed by atoms with Gasteiger partial charge in [-0.25, -0.2) is 0 Å². The van der Waals surface area contributed by atoms with Crippen molar-refractivity contribution in [1.82, 2.24) is 0 Å². The summed E-state index contributed by atoms with van der Waals surface area (Å²) in [5, 5.41) is 4.95. The van der Waals surface area contributed by atoms with Crippen molar-refractivity contribution >= 4 is 17.5 Å². The highest BCUT2D eigenvalue weighted by Crippen LogP contribution is 2.10. The van der Waals surface area contributed by atoms with Gasteiger partial charge in [0.2, 0.25) is 5.91 Å². The molecule has 1 heterocycles. The van der Waals surface area contributed by atoms with Gasteiger partial charge in [0.25, 0.3) is 5.91 Å². The van der Waals surface area contributed by atoms with Gasteiger partial charge < -0.3 is 21.3 Å². The van der Waals surface area contributed by atoms with Gasteiger partial charge in [-0.15, -0.1) is 0 Å². The average molecular weight is 383 g/mol. The lowest BCUT2D eigenvalue weighted by molar-refractivity contribution is -0.901. The van der Waals surface area contributed by atoms with E-state index in [-0.39, 0.29) is 11.9 Å². The summed E-state index contributed by atoms with van der Waals surface area (Å²) in [6.45, 7) is 6.26. The minimum Gasteiger partial charge on any atom is -0.366 e. The highest BCUT2D eigenvalue weighted by Gasteiger charge is 2.20. The number of primary amides is 1. The van der Waals surface area contributed by atoms with Crippen LogP contribution in [0.2, 0.25) is 0 Å². The third-order valence-electron chi connectivity index (χ3n) is 5.41. The standard InChI is InChI=1S/C22H28N4O2/c1-16(22(28)25-20-10-8-17(9-11-20)21(23)27)24-14-18-6-2-3-7-19(18)15-26-12-4-5-13-26/h2-3,6-11,16,24H,4-5,12-15H2,1H3,(H2,23,27)(H,25,28)/p+2/t16-/m1/s1. The van der Waals surface area contributed by atoms with Crippen molar-refractivity contribution in [3.05, 3.63) is 65.2 Å². The number of likely N-dealkylation sites (tertiary alicyclic amines) is 1. The first kappa shape index (κ1) is 20.0. The van der Waals surface area contributed by atoms with Gasteiger partial charge >= 0.3 is 0 Å². The molecule has 0 spiro atoms. The molecule has 0 aliphatic carbocycles. The highest BCUT2D eigenvalue weighted by molar-refractivity contribution is 5.95. The molecule has 6 heteroatoms. The summed E-state index contributed by atoms with van der Waals surface area (Å²) < 4.78 is 0. The summed E-state index contributed by atoms with van der Waals surface area (Å²) in [5.41, 5.74) is 9.00. The fraction of sp³-hybridized carbons (Fsp3) is 0.364. The number of rotatable bonds is 8. The topological polar surface area (TPSA) is 93.2 Å². The SMILES string of the molecule is C[C@@H]([NH2+]Cc1ccccc1C[NH+]1CCCC1)C(=O)Nc1ccc(C(N)=O)cc1. The number of hydrogen-bond donors (Lipinski definition) is 4. The van der Waals surface area contributed by atoms with Crippen LogP contribution in [0.3, 0.4) is 0 Å². The molecule has 2 aromatic carbocycles. The fourth-order valence-electron chi connectivity index (χ4n) is 3.63. The van der Waals surface area contributed by atoms with Crippen molar-refractivity contribution in [3.63, 3.8) is 0 Å². The Hall–Kier alpha value is -2.70. The van der Waals surface area contributed by atoms with E-state index >= 15 is 0 Å². The number of carbonyl (C=O) groups excluding carboxylic acids is 2. The molecule has 6 N–H and O–H groups in total. The third kappa shape index (κ3) is 5.41. The van der Waals surface area contributed by atoms with Crippen LogP contribution < -0.4 is 21.3 Å². The molecule has 6 nitrogen and oxygen atoms in total. The lowest BCUT2D eigenvalue weighted by Crippen LogP contribution is -3.08. The maximum atomic E-state index is 12.5. The molecular formula is C22H30N4O2+2. The van der Waals surface area contributed by atoms with Crippen LogP contribution in [0.15, 0.2) is 48.5 Å². The van der Waals surface area contributed by atoms with E-state index in [4.69, 9.17) is 5.73 Å². The van der Waals surface area contributed by atoms with Crippen molar-refractivity contribution < 1.29 is 19.8 Å². The number of amides is 2. The van der Waals surface area contributed by atoms with Gasteiger partial charge in [-0.1, -0.05) is 24.3 Å². The molecule has 1 aliphatic heterocycles.